The van der Waals surface area contributed by atoms with E-state index in [4.69, 9.17) is 0 Å². The lowest BCUT2D eigenvalue weighted by molar-refractivity contribution is 0.0962. The van der Waals surface area contributed by atoms with Crippen molar-refractivity contribution in [1.82, 2.24) is 20.0 Å². The Hall–Kier alpha value is -2.86. The summed E-state index contributed by atoms with van der Waals surface area (Å²) in [6.07, 6.45) is 8.10. The van der Waals surface area contributed by atoms with E-state index in [1.807, 2.05) is 24.3 Å². The van der Waals surface area contributed by atoms with Crippen LogP contribution in [-0.2, 0) is 6.54 Å². The molecule has 3 fully saturated rings. The summed E-state index contributed by atoms with van der Waals surface area (Å²) in [6, 6.07) is 19.6. The Balaban J connectivity index is 1.25. The van der Waals surface area contributed by atoms with Crippen LogP contribution in [0.5, 0.6) is 0 Å². The third-order valence-corrected chi connectivity index (χ3v) is 8.17. The SMILES string of the molecule is CNC(=O)c1ccc(CN2CCC(N3C(=O)N(C4CCCCC4)C[C@H]3c3ccccc3)CC2)cc1. The number of nitrogens with zero attached hydrogens (tertiary/aromatic N) is 3. The van der Waals surface area contributed by atoms with Crippen LogP contribution in [0.2, 0.25) is 0 Å². The number of hydrogen-bond acceptors (Lipinski definition) is 3. The van der Waals surface area contributed by atoms with Gasteiger partial charge in [-0.1, -0.05) is 61.7 Å². The summed E-state index contributed by atoms with van der Waals surface area (Å²) in [5.41, 5.74) is 3.17. The van der Waals surface area contributed by atoms with Crippen LogP contribution in [0.15, 0.2) is 54.6 Å². The quantitative estimate of drug-likeness (QED) is 0.653. The highest BCUT2D eigenvalue weighted by Gasteiger charge is 2.45. The molecule has 2 aliphatic heterocycles. The highest BCUT2D eigenvalue weighted by Crippen LogP contribution is 2.38. The number of urea groups is 1. The average Bonchev–Trinajstić information content (AvgIpc) is 3.27. The van der Waals surface area contributed by atoms with Crippen molar-refractivity contribution < 1.29 is 9.59 Å². The molecule has 6 heteroatoms. The highest BCUT2D eigenvalue weighted by molar-refractivity contribution is 5.93. The second-order valence-electron chi connectivity index (χ2n) is 10.3. The molecule has 1 saturated carbocycles. The van der Waals surface area contributed by atoms with Crippen LogP contribution in [-0.4, -0.2) is 65.4 Å². The fourth-order valence-corrected chi connectivity index (χ4v) is 6.20. The van der Waals surface area contributed by atoms with Crippen LogP contribution in [0.25, 0.3) is 0 Å². The predicted molar refractivity (Wildman–Crippen MR) is 138 cm³/mol. The number of hydrogen-bond donors (Lipinski definition) is 1. The first-order chi connectivity index (χ1) is 17.1. The standard InChI is InChI=1S/C29H38N4O2/c1-30-28(34)24-14-12-22(13-15-24)20-31-18-16-26(17-19-31)33-27(23-8-4-2-5-9-23)21-32(29(33)35)25-10-6-3-7-11-25/h2,4-5,8-9,12-15,25-27H,3,6-7,10-11,16-21H2,1H3,(H,30,34)/t27-/m0/s1. The maximum Gasteiger partial charge on any atom is 0.321 e. The molecule has 0 radical (unpaired) electrons. The third-order valence-electron chi connectivity index (χ3n) is 8.17. The van der Waals surface area contributed by atoms with E-state index in [1.165, 1.54) is 30.4 Å². The Labute approximate surface area is 209 Å². The van der Waals surface area contributed by atoms with E-state index < -0.39 is 0 Å². The van der Waals surface area contributed by atoms with Crippen molar-refractivity contribution in [3.8, 4) is 0 Å². The average molecular weight is 475 g/mol. The van der Waals surface area contributed by atoms with Crippen molar-refractivity contribution in [1.29, 1.82) is 0 Å². The number of carbonyl (C=O) groups is 2. The highest BCUT2D eigenvalue weighted by atomic mass is 16.2. The zero-order chi connectivity index (χ0) is 24.2. The molecule has 2 heterocycles. The van der Waals surface area contributed by atoms with Gasteiger partial charge in [-0.15, -0.1) is 0 Å². The Morgan fingerprint density at radius 1 is 0.886 bits per heavy atom. The van der Waals surface area contributed by atoms with Gasteiger partial charge in [0.1, 0.15) is 0 Å². The first-order valence-corrected chi connectivity index (χ1v) is 13.3. The Morgan fingerprint density at radius 3 is 2.23 bits per heavy atom. The Bertz CT molecular complexity index is 995. The molecule has 186 valence electrons. The summed E-state index contributed by atoms with van der Waals surface area (Å²) in [5.74, 6) is -0.0529. The fourth-order valence-electron chi connectivity index (χ4n) is 6.20. The van der Waals surface area contributed by atoms with Gasteiger partial charge in [0.2, 0.25) is 0 Å². The van der Waals surface area contributed by atoms with Gasteiger partial charge in [0.05, 0.1) is 6.04 Å². The van der Waals surface area contributed by atoms with Crippen LogP contribution in [0.1, 0.15) is 72.5 Å². The monoisotopic (exact) mass is 474 g/mol. The van der Waals surface area contributed by atoms with Gasteiger partial charge in [-0.3, -0.25) is 9.69 Å². The second-order valence-corrected chi connectivity index (χ2v) is 10.3. The molecule has 2 aromatic rings. The van der Waals surface area contributed by atoms with Gasteiger partial charge >= 0.3 is 6.03 Å². The lowest BCUT2D eigenvalue weighted by Crippen LogP contribution is -2.48. The molecule has 0 aromatic heterocycles. The van der Waals surface area contributed by atoms with Crippen molar-refractivity contribution in [2.75, 3.05) is 26.7 Å². The molecule has 1 aliphatic carbocycles. The summed E-state index contributed by atoms with van der Waals surface area (Å²) in [6.45, 7) is 3.67. The van der Waals surface area contributed by atoms with Crippen molar-refractivity contribution >= 4 is 11.9 Å². The number of piperidine rings is 1. The smallest absolute Gasteiger partial charge is 0.321 e. The first kappa shape index (κ1) is 23.9. The molecule has 35 heavy (non-hydrogen) atoms. The van der Waals surface area contributed by atoms with Gasteiger partial charge in [0, 0.05) is 50.9 Å². The minimum Gasteiger partial charge on any atom is -0.355 e. The van der Waals surface area contributed by atoms with E-state index in [0.717, 1.165) is 51.9 Å². The molecular weight excluding hydrogens is 436 g/mol. The molecule has 2 aromatic carbocycles. The van der Waals surface area contributed by atoms with Crippen molar-refractivity contribution in [3.05, 3.63) is 71.3 Å². The van der Waals surface area contributed by atoms with Crippen molar-refractivity contribution in [2.24, 2.45) is 0 Å². The number of amides is 3. The molecule has 3 aliphatic rings. The fraction of sp³-hybridized carbons (Fsp3) is 0.517. The normalized spacial score (nSPS) is 22.5. The summed E-state index contributed by atoms with van der Waals surface area (Å²) in [5, 5.41) is 2.67. The zero-order valence-corrected chi connectivity index (χ0v) is 20.9. The molecule has 0 bridgehead atoms. The van der Waals surface area contributed by atoms with Crippen molar-refractivity contribution in [3.63, 3.8) is 0 Å². The molecule has 3 amide bonds. The van der Waals surface area contributed by atoms with E-state index in [0.29, 0.717) is 11.6 Å². The molecule has 1 atom stereocenters. The minimum absolute atomic E-state index is 0.0529. The lowest BCUT2D eigenvalue weighted by Gasteiger charge is -2.39. The number of benzene rings is 2. The number of rotatable bonds is 6. The lowest BCUT2D eigenvalue weighted by atomic mass is 9.94. The number of carbonyl (C=O) groups excluding carboxylic acids is 2. The maximum atomic E-state index is 13.8. The molecule has 1 N–H and O–H groups in total. The van der Waals surface area contributed by atoms with Gasteiger partial charge in [-0.05, 0) is 48.9 Å². The van der Waals surface area contributed by atoms with E-state index in [9.17, 15) is 9.59 Å². The predicted octanol–water partition coefficient (Wildman–Crippen LogP) is 4.82. The van der Waals surface area contributed by atoms with Crippen molar-refractivity contribution in [2.45, 2.75) is 69.6 Å². The van der Waals surface area contributed by atoms with Crippen LogP contribution >= 0.6 is 0 Å². The van der Waals surface area contributed by atoms with E-state index >= 15 is 0 Å². The van der Waals surface area contributed by atoms with Gasteiger partial charge in [-0.2, -0.15) is 0 Å². The summed E-state index contributed by atoms with van der Waals surface area (Å²) in [7, 11) is 1.65. The van der Waals surface area contributed by atoms with E-state index in [2.05, 4.69) is 50.3 Å². The third kappa shape index (κ3) is 5.22. The molecule has 5 rings (SSSR count). The summed E-state index contributed by atoms with van der Waals surface area (Å²) in [4.78, 5) is 32.5. The Kier molecular flexibility index (Phi) is 7.37. The molecular formula is C29H38N4O2. The minimum atomic E-state index is -0.0529. The van der Waals surface area contributed by atoms with Gasteiger partial charge in [0.15, 0.2) is 0 Å². The molecule has 2 saturated heterocycles. The maximum absolute atomic E-state index is 13.8. The van der Waals surface area contributed by atoms with E-state index in [1.54, 1.807) is 7.05 Å². The van der Waals surface area contributed by atoms with Crippen LogP contribution < -0.4 is 5.32 Å². The number of nitrogens with one attached hydrogen (secondary N) is 1. The largest absolute Gasteiger partial charge is 0.355 e. The summed E-state index contributed by atoms with van der Waals surface area (Å²) >= 11 is 0. The first-order valence-electron chi connectivity index (χ1n) is 13.3. The van der Waals surface area contributed by atoms with Crippen LogP contribution in [0, 0.1) is 0 Å². The Morgan fingerprint density at radius 2 is 1.57 bits per heavy atom. The zero-order valence-electron chi connectivity index (χ0n) is 20.9. The second kappa shape index (κ2) is 10.8. The summed E-state index contributed by atoms with van der Waals surface area (Å²) < 4.78 is 0. The molecule has 6 nitrogen and oxygen atoms in total. The van der Waals surface area contributed by atoms with Gasteiger partial charge in [-0.25, -0.2) is 4.79 Å². The van der Waals surface area contributed by atoms with Crippen LogP contribution in [0.3, 0.4) is 0 Å². The van der Waals surface area contributed by atoms with Gasteiger partial charge in [0.25, 0.3) is 5.91 Å². The number of likely N-dealkylation sites (tertiary alicyclic amines) is 1. The van der Waals surface area contributed by atoms with Crippen LogP contribution in [0.4, 0.5) is 4.79 Å². The molecule has 0 unspecified atom stereocenters. The topological polar surface area (TPSA) is 55.9 Å². The van der Waals surface area contributed by atoms with E-state index in [-0.39, 0.29) is 24.0 Å². The molecule has 0 spiro atoms. The van der Waals surface area contributed by atoms with Gasteiger partial charge < -0.3 is 15.1 Å².